The molecule has 0 radical (unpaired) electrons. The van der Waals surface area contributed by atoms with Crippen LogP contribution in [-0.4, -0.2) is 26.8 Å². The summed E-state index contributed by atoms with van der Waals surface area (Å²) in [4.78, 5) is 17.0. The van der Waals surface area contributed by atoms with Crippen molar-refractivity contribution in [3.05, 3.63) is 71.6 Å². The van der Waals surface area contributed by atoms with E-state index in [1.54, 1.807) is 12.1 Å². The Morgan fingerprint density at radius 3 is 2.81 bits per heavy atom. The van der Waals surface area contributed by atoms with Crippen LogP contribution in [0.5, 0.6) is 0 Å². The molecule has 0 bridgehead atoms. The second-order valence-electron chi connectivity index (χ2n) is 8.05. The summed E-state index contributed by atoms with van der Waals surface area (Å²) in [7, 11) is 0. The van der Waals surface area contributed by atoms with Gasteiger partial charge in [-0.1, -0.05) is 33.8 Å². The Labute approximate surface area is 187 Å². The molecule has 1 aromatic carbocycles. The molecule has 1 aliphatic heterocycles. The van der Waals surface area contributed by atoms with Crippen LogP contribution in [0.25, 0.3) is 27.7 Å². The minimum atomic E-state index is -0.286. The summed E-state index contributed by atoms with van der Waals surface area (Å²) in [6.45, 7) is 10.3. The van der Waals surface area contributed by atoms with Gasteiger partial charge in [0.2, 0.25) is 0 Å². The fraction of sp³-hybridized carbons (Fsp3) is 0.308. The first-order valence-electron chi connectivity index (χ1n) is 11.2. The number of fused-ring (bicyclic) bond motifs is 1. The highest BCUT2D eigenvalue weighted by molar-refractivity contribution is 6.21. The largest absolute Gasteiger partial charge is 0.345 e. The van der Waals surface area contributed by atoms with E-state index in [0.717, 1.165) is 58.3 Å². The number of allylic oxidation sites excluding steroid dienone is 2. The highest BCUT2D eigenvalue weighted by Crippen LogP contribution is 2.37. The maximum absolute atomic E-state index is 14.5. The van der Waals surface area contributed by atoms with Crippen molar-refractivity contribution < 1.29 is 9.18 Å². The molecule has 0 saturated carbocycles. The summed E-state index contributed by atoms with van der Waals surface area (Å²) < 4.78 is 18.6. The SMILES string of the molecule is CC.CC(C)/C(=C(\C=O)c1cn2c3c(cc(F)cc13)CNCC2)c1cnc2ccccn12. The lowest BCUT2D eigenvalue weighted by Gasteiger charge is -2.15. The number of nitrogens with zero attached hydrogens (tertiary/aromatic N) is 3. The lowest BCUT2D eigenvalue weighted by Crippen LogP contribution is -2.15. The van der Waals surface area contributed by atoms with Gasteiger partial charge in [-0.3, -0.25) is 9.20 Å². The molecule has 0 atom stereocenters. The van der Waals surface area contributed by atoms with E-state index in [0.29, 0.717) is 12.1 Å². The van der Waals surface area contributed by atoms with E-state index < -0.39 is 0 Å². The lowest BCUT2D eigenvalue weighted by molar-refractivity contribution is -0.103. The van der Waals surface area contributed by atoms with Gasteiger partial charge in [0.25, 0.3) is 0 Å². The summed E-state index contributed by atoms with van der Waals surface area (Å²) in [5, 5.41) is 4.11. The number of aromatic nitrogens is 3. The Morgan fingerprint density at radius 1 is 1.25 bits per heavy atom. The van der Waals surface area contributed by atoms with Crippen LogP contribution in [-0.2, 0) is 17.9 Å². The zero-order valence-corrected chi connectivity index (χ0v) is 19.0. The van der Waals surface area contributed by atoms with Gasteiger partial charge < -0.3 is 9.88 Å². The molecule has 0 fully saturated rings. The van der Waals surface area contributed by atoms with Crippen molar-refractivity contribution in [2.24, 2.45) is 5.92 Å². The van der Waals surface area contributed by atoms with Crippen molar-refractivity contribution in [2.75, 3.05) is 6.54 Å². The van der Waals surface area contributed by atoms with Crippen LogP contribution in [0, 0.1) is 11.7 Å². The van der Waals surface area contributed by atoms with Crippen LogP contribution in [0.15, 0.2) is 48.9 Å². The van der Waals surface area contributed by atoms with Crippen LogP contribution < -0.4 is 5.32 Å². The summed E-state index contributed by atoms with van der Waals surface area (Å²) in [5.74, 6) is -0.211. The van der Waals surface area contributed by atoms with Gasteiger partial charge in [0.1, 0.15) is 11.5 Å². The number of aldehydes is 1. The second kappa shape index (κ2) is 9.09. The Hall–Kier alpha value is -3.25. The molecule has 0 aliphatic carbocycles. The summed E-state index contributed by atoms with van der Waals surface area (Å²) in [5.41, 5.74) is 5.89. The first-order valence-corrected chi connectivity index (χ1v) is 11.2. The molecule has 1 N–H and O–H groups in total. The van der Waals surface area contributed by atoms with Crippen molar-refractivity contribution in [3.63, 3.8) is 0 Å². The molecule has 0 saturated heterocycles. The third kappa shape index (κ3) is 3.65. The number of benzene rings is 1. The molecule has 4 aromatic rings. The molecule has 6 heteroatoms. The summed E-state index contributed by atoms with van der Waals surface area (Å²) >= 11 is 0. The lowest BCUT2D eigenvalue weighted by atomic mass is 9.90. The number of hydrogen-bond acceptors (Lipinski definition) is 3. The molecular weight excluding hydrogens is 403 g/mol. The van der Waals surface area contributed by atoms with Gasteiger partial charge >= 0.3 is 0 Å². The average molecular weight is 433 g/mol. The van der Waals surface area contributed by atoms with Gasteiger partial charge in [0.15, 0.2) is 6.29 Å². The number of nitrogens with one attached hydrogen (secondary N) is 1. The normalized spacial score (nSPS) is 14.2. The van der Waals surface area contributed by atoms with Crippen LogP contribution in [0.1, 0.15) is 44.5 Å². The molecule has 32 heavy (non-hydrogen) atoms. The zero-order chi connectivity index (χ0) is 22.8. The van der Waals surface area contributed by atoms with Crippen molar-refractivity contribution in [3.8, 4) is 0 Å². The molecule has 5 rings (SSSR count). The van der Waals surface area contributed by atoms with Crippen LogP contribution in [0.3, 0.4) is 0 Å². The van der Waals surface area contributed by atoms with E-state index in [1.165, 1.54) is 0 Å². The number of rotatable bonds is 4. The number of hydrogen-bond donors (Lipinski definition) is 1. The highest BCUT2D eigenvalue weighted by atomic mass is 19.1. The standard InChI is InChI=1S/C24H23FN4O.C2H6/c1-15(2)23(21-12-27-22-5-3-4-7-29(21)22)20(14-30)19-13-28-8-6-26-11-16-9-17(25)10-18(19)24(16)28;1-2/h3-5,7,9-10,12-15,26H,6,8,11H2,1-2H3;1-2H3/b23-20-;. The predicted octanol–water partition coefficient (Wildman–Crippen LogP) is 5.32. The Morgan fingerprint density at radius 2 is 2.06 bits per heavy atom. The third-order valence-corrected chi connectivity index (χ3v) is 5.83. The first-order chi connectivity index (χ1) is 15.6. The molecule has 0 spiro atoms. The maximum atomic E-state index is 14.5. The van der Waals surface area contributed by atoms with Crippen molar-refractivity contribution in [1.29, 1.82) is 0 Å². The van der Waals surface area contributed by atoms with E-state index in [1.807, 2.05) is 55.0 Å². The number of halogens is 1. The molecular formula is C26H29FN4O. The minimum Gasteiger partial charge on any atom is -0.345 e. The van der Waals surface area contributed by atoms with Crippen LogP contribution in [0.4, 0.5) is 4.39 Å². The van der Waals surface area contributed by atoms with Crippen LogP contribution in [0.2, 0.25) is 0 Å². The highest BCUT2D eigenvalue weighted by Gasteiger charge is 2.23. The second-order valence-corrected chi connectivity index (χ2v) is 8.05. The first kappa shape index (κ1) is 22.0. The number of carbonyl (C=O) groups is 1. The summed E-state index contributed by atoms with van der Waals surface area (Å²) in [6, 6.07) is 8.96. The van der Waals surface area contributed by atoms with E-state index in [2.05, 4.69) is 28.7 Å². The van der Waals surface area contributed by atoms with Gasteiger partial charge in [-0.2, -0.15) is 0 Å². The monoisotopic (exact) mass is 432 g/mol. The number of imidazole rings is 1. The Bertz CT molecular complexity index is 1310. The molecule has 1 aliphatic rings. The van der Waals surface area contributed by atoms with E-state index in [-0.39, 0.29) is 11.7 Å². The maximum Gasteiger partial charge on any atom is 0.151 e. The Kier molecular flexibility index (Phi) is 6.24. The summed E-state index contributed by atoms with van der Waals surface area (Å²) in [6.07, 6.45) is 6.67. The number of pyridine rings is 1. The molecule has 166 valence electrons. The zero-order valence-electron chi connectivity index (χ0n) is 19.0. The van der Waals surface area contributed by atoms with E-state index in [4.69, 9.17) is 0 Å². The number of carbonyl (C=O) groups excluding carboxylic acids is 1. The van der Waals surface area contributed by atoms with Crippen LogP contribution >= 0.6 is 0 Å². The predicted molar refractivity (Wildman–Crippen MR) is 128 cm³/mol. The van der Waals surface area contributed by atoms with Gasteiger partial charge in [0, 0.05) is 48.6 Å². The third-order valence-electron chi connectivity index (χ3n) is 5.83. The van der Waals surface area contributed by atoms with Crippen molar-refractivity contribution in [2.45, 2.75) is 40.8 Å². The Balaban J connectivity index is 0.00000119. The molecule has 4 heterocycles. The van der Waals surface area contributed by atoms with Crippen molar-refractivity contribution >= 4 is 34.0 Å². The fourth-order valence-corrected chi connectivity index (χ4v) is 4.59. The molecule has 5 nitrogen and oxygen atoms in total. The quantitative estimate of drug-likeness (QED) is 0.351. The molecule has 0 amide bonds. The van der Waals surface area contributed by atoms with Gasteiger partial charge in [-0.05, 0) is 41.3 Å². The average Bonchev–Trinajstić information content (AvgIpc) is 3.31. The molecule has 0 unspecified atom stereocenters. The van der Waals surface area contributed by atoms with E-state index in [9.17, 15) is 9.18 Å². The topological polar surface area (TPSA) is 51.3 Å². The fourth-order valence-electron chi connectivity index (χ4n) is 4.59. The van der Waals surface area contributed by atoms with Crippen molar-refractivity contribution in [1.82, 2.24) is 19.3 Å². The van der Waals surface area contributed by atoms with Gasteiger partial charge in [-0.25, -0.2) is 9.37 Å². The smallest absolute Gasteiger partial charge is 0.151 e. The minimum absolute atomic E-state index is 0.0753. The van der Waals surface area contributed by atoms with Gasteiger partial charge in [-0.15, -0.1) is 0 Å². The molecule has 3 aromatic heterocycles. The van der Waals surface area contributed by atoms with Gasteiger partial charge in [0.05, 0.1) is 17.4 Å². The van der Waals surface area contributed by atoms with E-state index >= 15 is 0 Å².